The second-order valence-corrected chi connectivity index (χ2v) is 5.51. The lowest BCUT2D eigenvalue weighted by Gasteiger charge is -2.13. The summed E-state index contributed by atoms with van der Waals surface area (Å²) in [5, 5.41) is 2.62. The molecule has 0 atom stereocenters. The third-order valence-electron chi connectivity index (χ3n) is 2.88. The minimum absolute atomic E-state index is 0.229. The van der Waals surface area contributed by atoms with E-state index in [4.69, 9.17) is 26.8 Å². The maximum Gasteiger partial charge on any atom is 0.255 e. The molecule has 21 heavy (non-hydrogen) atoms. The van der Waals surface area contributed by atoms with Gasteiger partial charge in [-0.2, -0.15) is 0 Å². The summed E-state index contributed by atoms with van der Waals surface area (Å²) in [4.78, 5) is 12.2. The monoisotopic (exact) mass is 317 g/mol. The number of amides is 1. The second kappa shape index (κ2) is 8.71. The Hall–Kier alpha value is -1.50. The van der Waals surface area contributed by atoms with Crippen LogP contribution in [0.4, 0.5) is 0 Å². The number of hydrogen-bond acceptors (Lipinski definition) is 3. The van der Waals surface area contributed by atoms with Crippen LogP contribution in [0, 0.1) is 0 Å². The van der Waals surface area contributed by atoms with Crippen LogP contribution in [0.2, 0.25) is 5.02 Å². The molecular weight excluding hydrogens is 294 g/mol. The summed E-state index contributed by atoms with van der Waals surface area (Å²) in [5.41, 5.74) is 6.10. The van der Waals surface area contributed by atoms with E-state index >= 15 is 0 Å². The van der Waals surface area contributed by atoms with E-state index in [2.05, 4.69) is 19.4 Å². The van der Waals surface area contributed by atoms with E-state index in [1.807, 2.05) is 12.1 Å². The van der Waals surface area contributed by atoms with E-state index in [0.29, 0.717) is 16.5 Å². The minimum Gasteiger partial charge on any atom is -0.493 e. The average Bonchev–Trinajstić information content (AvgIpc) is 2.41. The molecule has 0 radical (unpaired) electrons. The van der Waals surface area contributed by atoms with Gasteiger partial charge in [0.2, 0.25) is 0 Å². The Kier molecular flexibility index (Phi) is 7.28. The van der Waals surface area contributed by atoms with Crippen LogP contribution >= 0.6 is 11.6 Å². The van der Waals surface area contributed by atoms with Crippen LogP contribution in [-0.2, 0) is 11.3 Å². The van der Waals surface area contributed by atoms with Gasteiger partial charge in [-0.15, -0.1) is 0 Å². The van der Waals surface area contributed by atoms with E-state index in [9.17, 15) is 4.79 Å². The normalized spacial score (nSPS) is 10.7. The maximum absolute atomic E-state index is 10.8. The third kappa shape index (κ3) is 6.20. The molecule has 0 aliphatic rings. The van der Waals surface area contributed by atoms with Gasteiger partial charge in [-0.3, -0.25) is 4.79 Å². The van der Waals surface area contributed by atoms with Crippen LogP contribution in [-0.4, -0.2) is 46.8 Å². The largest absolute Gasteiger partial charge is 0.493 e. The van der Waals surface area contributed by atoms with Gasteiger partial charge >= 0.3 is 0 Å². The molecule has 1 aromatic rings. The quantitative estimate of drug-likeness (QED) is 0.481. The van der Waals surface area contributed by atoms with Gasteiger partial charge < -0.3 is 25.4 Å². The lowest BCUT2D eigenvalue weighted by Crippen LogP contribution is -3.09. The number of nitrogens with one attached hydrogen (secondary N) is 1. The summed E-state index contributed by atoms with van der Waals surface area (Å²) < 4.78 is 10.6. The highest BCUT2D eigenvalue weighted by Gasteiger charge is 2.13. The highest BCUT2D eigenvalue weighted by Crippen LogP contribution is 2.36. The summed E-state index contributed by atoms with van der Waals surface area (Å²) >= 11 is 6.18. The molecule has 0 spiro atoms. The van der Waals surface area contributed by atoms with Gasteiger partial charge in [0.25, 0.3) is 5.91 Å². The van der Waals surface area contributed by atoms with Crippen LogP contribution in [0.25, 0.3) is 0 Å². The molecule has 0 unspecified atom stereocenters. The molecule has 1 rings (SSSR count). The molecule has 6 nitrogen and oxygen atoms in total. The van der Waals surface area contributed by atoms with Gasteiger partial charge in [0.05, 0.1) is 26.2 Å². The number of primary amides is 1. The molecule has 1 aromatic carbocycles. The first kappa shape index (κ1) is 17.6. The summed E-state index contributed by atoms with van der Waals surface area (Å²) in [6.07, 6.45) is 0. The maximum atomic E-state index is 10.8. The molecule has 0 aromatic heterocycles. The van der Waals surface area contributed by atoms with Crippen molar-refractivity contribution >= 4 is 17.5 Å². The van der Waals surface area contributed by atoms with Gasteiger partial charge in [0.15, 0.2) is 18.1 Å². The number of nitrogens with two attached hydrogens (primary N) is 2. The van der Waals surface area contributed by atoms with Crippen molar-refractivity contribution < 1.29 is 24.5 Å². The molecule has 1 amide bonds. The van der Waals surface area contributed by atoms with Crippen LogP contribution in [0.1, 0.15) is 5.56 Å². The van der Waals surface area contributed by atoms with E-state index in [-0.39, 0.29) is 6.61 Å². The fourth-order valence-corrected chi connectivity index (χ4v) is 2.12. The van der Waals surface area contributed by atoms with Crippen molar-refractivity contribution in [1.29, 1.82) is 0 Å². The van der Waals surface area contributed by atoms with E-state index in [1.54, 1.807) is 0 Å². The fraction of sp³-hybridized carbons (Fsp3) is 0.500. The van der Waals surface area contributed by atoms with Gasteiger partial charge in [0, 0.05) is 5.56 Å². The number of ether oxygens (including phenoxy) is 2. The van der Waals surface area contributed by atoms with Gasteiger partial charge in [0.1, 0.15) is 19.6 Å². The number of quaternary nitrogens is 2. The Bertz CT molecular complexity index is 481. The van der Waals surface area contributed by atoms with Crippen LogP contribution in [0.3, 0.4) is 0 Å². The molecule has 118 valence electrons. The number of halogens is 1. The highest BCUT2D eigenvalue weighted by atomic mass is 35.5. The summed E-state index contributed by atoms with van der Waals surface area (Å²) in [7, 11) is 5.78. The van der Waals surface area contributed by atoms with Gasteiger partial charge in [-0.1, -0.05) is 11.6 Å². The Labute approximate surface area is 130 Å². The Balaban J connectivity index is 2.71. The van der Waals surface area contributed by atoms with Crippen molar-refractivity contribution in [2.45, 2.75) is 6.54 Å². The summed E-state index contributed by atoms with van der Waals surface area (Å²) in [5.74, 6) is 0.293. The number of benzene rings is 1. The topological polar surface area (TPSA) is 82.6 Å². The fourth-order valence-electron chi connectivity index (χ4n) is 1.83. The molecule has 0 bridgehead atoms. The molecule has 0 fully saturated rings. The molecular formula is C14H24ClN3O3+2. The number of hydrogen-bond donors (Lipinski definition) is 3. The molecule has 0 aliphatic heterocycles. The number of carbonyl (C=O) groups is 1. The number of carbonyl (C=O) groups excluding carboxylic acids is 1. The molecule has 5 N–H and O–H groups in total. The van der Waals surface area contributed by atoms with Crippen LogP contribution in [0.5, 0.6) is 11.5 Å². The predicted molar refractivity (Wildman–Crippen MR) is 80.9 cm³/mol. The molecule has 0 heterocycles. The van der Waals surface area contributed by atoms with Crippen LogP contribution in [0.15, 0.2) is 12.1 Å². The SMILES string of the molecule is COc1cc(C[NH2+]CC[NH+](C)C)cc(Cl)c1OCC(N)=O. The molecule has 0 saturated carbocycles. The van der Waals surface area contributed by atoms with Gasteiger partial charge in [-0.05, 0) is 12.1 Å². The standard InChI is InChI=1S/C14H22ClN3O3/c1-18(2)5-4-17-8-10-6-11(15)14(12(7-10)20-3)21-9-13(16)19/h6-7,17H,4-5,8-9H2,1-3H3,(H2,16,19)/p+2. The van der Waals surface area contributed by atoms with Gasteiger partial charge in [-0.25, -0.2) is 0 Å². The lowest BCUT2D eigenvalue weighted by atomic mass is 10.2. The second-order valence-electron chi connectivity index (χ2n) is 5.10. The number of likely N-dealkylation sites (N-methyl/N-ethyl adjacent to an activating group) is 1. The first-order valence-electron chi connectivity index (χ1n) is 6.82. The predicted octanol–water partition coefficient (Wildman–Crippen LogP) is -1.58. The van der Waals surface area contributed by atoms with E-state index in [1.165, 1.54) is 12.0 Å². The summed E-state index contributed by atoms with van der Waals surface area (Å²) in [6, 6.07) is 3.68. The Morgan fingerprint density at radius 3 is 2.71 bits per heavy atom. The average molecular weight is 318 g/mol. The smallest absolute Gasteiger partial charge is 0.255 e. The molecule has 7 heteroatoms. The first-order valence-corrected chi connectivity index (χ1v) is 7.20. The summed E-state index contributed by atoms with van der Waals surface area (Å²) in [6.45, 7) is 2.69. The van der Waals surface area contributed by atoms with Crippen molar-refractivity contribution in [3.05, 3.63) is 22.7 Å². The van der Waals surface area contributed by atoms with Crippen molar-refractivity contribution in [3.63, 3.8) is 0 Å². The Morgan fingerprint density at radius 2 is 2.14 bits per heavy atom. The Morgan fingerprint density at radius 1 is 1.43 bits per heavy atom. The zero-order valence-electron chi connectivity index (χ0n) is 12.7. The molecule has 0 saturated heterocycles. The minimum atomic E-state index is -0.559. The first-order chi connectivity index (χ1) is 9.93. The van der Waals surface area contributed by atoms with Crippen molar-refractivity contribution in [2.75, 3.05) is 40.9 Å². The zero-order valence-corrected chi connectivity index (χ0v) is 13.5. The van der Waals surface area contributed by atoms with E-state index in [0.717, 1.165) is 25.2 Å². The molecule has 0 aliphatic carbocycles. The van der Waals surface area contributed by atoms with E-state index < -0.39 is 5.91 Å². The van der Waals surface area contributed by atoms with Crippen LogP contribution < -0.4 is 25.4 Å². The number of methoxy groups -OCH3 is 1. The highest BCUT2D eigenvalue weighted by molar-refractivity contribution is 6.32. The van der Waals surface area contributed by atoms with Crippen molar-refractivity contribution in [3.8, 4) is 11.5 Å². The lowest BCUT2D eigenvalue weighted by molar-refractivity contribution is -0.875. The zero-order chi connectivity index (χ0) is 15.8. The van der Waals surface area contributed by atoms with Crippen molar-refractivity contribution in [1.82, 2.24) is 0 Å². The number of rotatable bonds is 9. The van der Waals surface area contributed by atoms with Crippen molar-refractivity contribution in [2.24, 2.45) is 5.73 Å². The third-order valence-corrected chi connectivity index (χ3v) is 3.16.